The lowest BCUT2D eigenvalue weighted by Crippen LogP contribution is -2.37. The number of nitrogens with zero attached hydrogens (tertiary/aromatic N) is 1. The molecule has 11 nitrogen and oxygen atoms in total. The van der Waals surface area contributed by atoms with E-state index >= 15 is 0 Å². The van der Waals surface area contributed by atoms with E-state index in [-0.39, 0.29) is 19.6 Å². The summed E-state index contributed by atoms with van der Waals surface area (Å²) in [5.41, 5.74) is 0.877. The summed E-state index contributed by atoms with van der Waals surface area (Å²) in [7, 11) is 1.08. The van der Waals surface area contributed by atoms with Gasteiger partial charge in [0.2, 0.25) is 0 Å². The molecule has 2 N–H and O–H groups in total. The van der Waals surface area contributed by atoms with Crippen LogP contribution in [-0.4, -0.2) is 81.8 Å². The van der Waals surface area contributed by atoms with Crippen LogP contribution in [0.1, 0.15) is 24.8 Å². The summed E-state index contributed by atoms with van der Waals surface area (Å²) in [6, 6.07) is 9.27. The normalized spacial score (nSPS) is 14.2. The first kappa shape index (κ1) is 29.0. The lowest BCUT2D eigenvalue weighted by molar-refractivity contribution is -0.870. The number of benzene rings is 1. The monoisotopic (exact) mass is 490 g/mol. The van der Waals surface area contributed by atoms with Crippen molar-refractivity contribution in [3.8, 4) is 0 Å². The molecule has 12 heteroatoms. The van der Waals surface area contributed by atoms with Gasteiger partial charge in [0.1, 0.15) is 25.9 Å². The zero-order valence-electron chi connectivity index (χ0n) is 19.4. The number of likely N-dealkylation sites (N-methyl/N-ethyl adjacent to an activating group) is 1. The Hall–Kier alpha value is -2.01. The highest BCUT2D eigenvalue weighted by Gasteiger charge is 2.19. The molecule has 1 amide bonds. The summed E-state index contributed by atoms with van der Waals surface area (Å²) < 4.78 is 31.8. The van der Waals surface area contributed by atoms with Gasteiger partial charge in [0, 0.05) is 13.0 Å². The molecule has 1 aromatic carbocycles. The Bertz CT molecular complexity index is 756. The van der Waals surface area contributed by atoms with Gasteiger partial charge < -0.3 is 38.3 Å². The first-order chi connectivity index (χ1) is 15.5. The first-order valence-electron chi connectivity index (χ1n) is 10.7. The van der Waals surface area contributed by atoms with Crippen molar-refractivity contribution >= 4 is 19.9 Å². The number of esters is 1. The average molecular weight is 490 g/mol. The predicted molar refractivity (Wildman–Crippen MR) is 118 cm³/mol. The fraction of sp³-hybridized carbons (Fsp3) is 0.619. The van der Waals surface area contributed by atoms with Crippen LogP contribution in [0.2, 0.25) is 0 Å². The number of rotatable bonds is 16. The second-order valence-electron chi connectivity index (χ2n) is 8.33. The van der Waals surface area contributed by atoms with E-state index in [1.165, 1.54) is 0 Å². The number of ether oxygens (including phenoxy) is 2. The van der Waals surface area contributed by atoms with Gasteiger partial charge >= 0.3 is 12.1 Å². The molecule has 0 heterocycles. The Morgan fingerprint density at radius 2 is 1.85 bits per heavy atom. The average Bonchev–Trinajstić information content (AvgIpc) is 2.74. The molecule has 0 fully saturated rings. The number of hydrogen-bond donors (Lipinski definition) is 2. The van der Waals surface area contributed by atoms with Crippen molar-refractivity contribution in [1.82, 2.24) is 5.32 Å². The SMILES string of the molecule is C[N+](C)(C)CCOP(=O)([O-])OC[C@H](CO)OC(=O)CCCCNC(=O)OCc1ccccc1. The first-order valence-corrected chi connectivity index (χ1v) is 12.1. The van der Waals surface area contributed by atoms with Crippen molar-refractivity contribution < 1.29 is 47.2 Å². The van der Waals surface area contributed by atoms with Crippen LogP contribution < -0.4 is 10.2 Å². The van der Waals surface area contributed by atoms with Gasteiger partial charge in [0.15, 0.2) is 0 Å². The van der Waals surface area contributed by atoms with Gasteiger partial charge in [-0.1, -0.05) is 30.3 Å². The number of amides is 1. The molecule has 1 aromatic rings. The van der Waals surface area contributed by atoms with E-state index in [1.54, 1.807) is 0 Å². The molecule has 33 heavy (non-hydrogen) atoms. The predicted octanol–water partition coefficient (Wildman–Crippen LogP) is 1.20. The summed E-state index contributed by atoms with van der Waals surface area (Å²) in [6.07, 6.45) is -0.722. The molecule has 0 saturated carbocycles. The van der Waals surface area contributed by atoms with E-state index in [2.05, 4.69) is 5.32 Å². The number of hydrogen-bond acceptors (Lipinski definition) is 9. The summed E-state index contributed by atoms with van der Waals surface area (Å²) in [5.74, 6) is -0.615. The van der Waals surface area contributed by atoms with Crippen LogP contribution in [0.3, 0.4) is 0 Å². The van der Waals surface area contributed by atoms with Crippen molar-refractivity contribution in [3.63, 3.8) is 0 Å². The number of alkyl carbamates (subject to hydrolysis) is 1. The largest absolute Gasteiger partial charge is 0.756 e. The Balaban J connectivity index is 2.16. The van der Waals surface area contributed by atoms with Crippen LogP contribution in [0.5, 0.6) is 0 Å². The number of aliphatic hydroxyl groups is 1. The molecule has 0 aliphatic rings. The molecule has 0 aliphatic heterocycles. The molecule has 188 valence electrons. The number of carbonyl (C=O) groups is 2. The summed E-state index contributed by atoms with van der Waals surface area (Å²) in [5, 5.41) is 11.9. The molecule has 0 aliphatic carbocycles. The Kier molecular flexibility index (Phi) is 13.2. The van der Waals surface area contributed by atoms with Crippen LogP contribution in [0.25, 0.3) is 0 Å². The highest BCUT2D eigenvalue weighted by atomic mass is 31.2. The van der Waals surface area contributed by atoms with Gasteiger partial charge in [0.05, 0.1) is 34.4 Å². The van der Waals surface area contributed by atoms with Gasteiger partial charge in [-0.05, 0) is 18.4 Å². The van der Waals surface area contributed by atoms with Crippen molar-refractivity contribution in [3.05, 3.63) is 35.9 Å². The minimum Gasteiger partial charge on any atom is -0.756 e. The van der Waals surface area contributed by atoms with Crippen LogP contribution in [0.4, 0.5) is 4.79 Å². The lowest BCUT2D eigenvalue weighted by Gasteiger charge is -2.28. The molecule has 0 aromatic heterocycles. The van der Waals surface area contributed by atoms with Crippen molar-refractivity contribution in [1.29, 1.82) is 0 Å². The number of carbonyl (C=O) groups excluding carboxylic acids is 2. The zero-order chi connectivity index (χ0) is 24.7. The van der Waals surface area contributed by atoms with E-state index in [9.17, 15) is 24.2 Å². The van der Waals surface area contributed by atoms with E-state index in [0.717, 1.165) is 5.56 Å². The van der Waals surface area contributed by atoms with Gasteiger partial charge in [-0.3, -0.25) is 9.36 Å². The van der Waals surface area contributed by atoms with Gasteiger partial charge in [-0.15, -0.1) is 0 Å². The standard InChI is InChI=1S/C21H35N2O9P/c1-23(2,3)13-14-30-33(27,28)31-17-19(15-24)32-20(25)11-7-8-12-22-21(26)29-16-18-9-5-4-6-10-18/h4-6,9-10,19,24H,7-8,11-17H2,1-3H3,(H-,22,26,27,28)/t19-/m0/s1. The van der Waals surface area contributed by atoms with Gasteiger partial charge in [0.25, 0.3) is 7.82 Å². The zero-order valence-corrected chi connectivity index (χ0v) is 20.3. The lowest BCUT2D eigenvalue weighted by atomic mass is 10.2. The van der Waals surface area contributed by atoms with Crippen molar-refractivity contribution in [2.45, 2.75) is 32.0 Å². The van der Waals surface area contributed by atoms with Crippen LogP contribution in [0.15, 0.2) is 30.3 Å². The molecule has 0 bridgehead atoms. The number of quaternary nitrogens is 1. The quantitative estimate of drug-likeness (QED) is 0.151. The van der Waals surface area contributed by atoms with E-state index < -0.39 is 39.2 Å². The topological polar surface area (TPSA) is 143 Å². The minimum atomic E-state index is -4.57. The molecule has 1 rings (SSSR count). The number of nitrogens with one attached hydrogen (secondary N) is 1. The molecule has 1 unspecified atom stereocenters. The van der Waals surface area contributed by atoms with E-state index in [4.69, 9.17) is 18.5 Å². The highest BCUT2D eigenvalue weighted by Crippen LogP contribution is 2.38. The molecular weight excluding hydrogens is 455 g/mol. The summed E-state index contributed by atoms with van der Waals surface area (Å²) in [6.45, 7) is -0.255. The molecule has 0 radical (unpaired) electrons. The molecule has 0 spiro atoms. The maximum absolute atomic E-state index is 11.9. The maximum Gasteiger partial charge on any atom is 0.407 e. The van der Waals surface area contributed by atoms with Crippen molar-refractivity contribution in [2.75, 3.05) is 54.1 Å². The fourth-order valence-electron chi connectivity index (χ4n) is 2.37. The number of phosphoric acid groups is 1. The molecular formula is C21H35N2O9P. The van der Waals surface area contributed by atoms with Crippen LogP contribution in [-0.2, 0) is 34.5 Å². The minimum absolute atomic E-state index is 0.0340. The second-order valence-corrected chi connectivity index (χ2v) is 9.74. The van der Waals surface area contributed by atoms with Crippen LogP contribution >= 0.6 is 7.82 Å². The number of unbranched alkanes of at least 4 members (excludes halogenated alkanes) is 1. The van der Waals surface area contributed by atoms with Gasteiger partial charge in [-0.2, -0.15) is 0 Å². The second kappa shape index (κ2) is 15.0. The van der Waals surface area contributed by atoms with Gasteiger partial charge in [-0.25, -0.2) is 4.79 Å². The third-order valence-corrected chi connectivity index (χ3v) is 5.19. The fourth-order valence-corrected chi connectivity index (χ4v) is 3.09. The summed E-state index contributed by atoms with van der Waals surface area (Å²) in [4.78, 5) is 35.3. The van der Waals surface area contributed by atoms with E-state index in [1.807, 2.05) is 51.5 Å². The maximum atomic E-state index is 11.9. The Morgan fingerprint density at radius 1 is 1.15 bits per heavy atom. The molecule has 2 atom stereocenters. The number of aliphatic hydroxyl groups excluding tert-OH is 1. The number of phosphoric ester groups is 1. The van der Waals surface area contributed by atoms with Crippen LogP contribution in [0, 0.1) is 0 Å². The smallest absolute Gasteiger partial charge is 0.407 e. The molecule has 0 saturated heterocycles. The van der Waals surface area contributed by atoms with Crippen molar-refractivity contribution in [2.24, 2.45) is 0 Å². The summed E-state index contributed by atoms with van der Waals surface area (Å²) >= 11 is 0. The third-order valence-electron chi connectivity index (χ3n) is 4.22. The third kappa shape index (κ3) is 15.5. The van der Waals surface area contributed by atoms with E-state index in [0.29, 0.717) is 30.4 Å². The Morgan fingerprint density at radius 3 is 2.48 bits per heavy atom. The Labute approximate surface area is 194 Å². The highest BCUT2D eigenvalue weighted by molar-refractivity contribution is 7.45.